The highest BCUT2D eigenvalue weighted by Crippen LogP contribution is 2.25. The topological polar surface area (TPSA) is 85.5 Å². The van der Waals surface area contributed by atoms with Crippen LogP contribution in [0.2, 0.25) is 0 Å². The van der Waals surface area contributed by atoms with Gasteiger partial charge in [0.15, 0.2) is 0 Å². The van der Waals surface area contributed by atoms with Gasteiger partial charge in [0, 0.05) is 5.56 Å². The van der Waals surface area contributed by atoms with E-state index in [0.29, 0.717) is 5.56 Å². The molecule has 0 radical (unpaired) electrons. The van der Waals surface area contributed by atoms with Crippen LogP contribution in [0.25, 0.3) is 11.5 Å². The third kappa shape index (κ3) is 2.10. The zero-order valence-electron chi connectivity index (χ0n) is 9.30. The van der Waals surface area contributed by atoms with Crippen molar-refractivity contribution in [3.05, 3.63) is 29.7 Å². The van der Waals surface area contributed by atoms with E-state index in [9.17, 15) is 9.90 Å². The molecule has 17 heavy (non-hydrogen) atoms. The number of carbonyl (C=O) groups is 1. The summed E-state index contributed by atoms with van der Waals surface area (Å²) in [7, 11) is 1.23. The van der Waals surface area contributed by atoms with Crippen LogP contribution in [-0.2, 0) is 4.74 Å². The van der Waals surface area contributed by atoms with Crippen LogP contribution < -0.4 is 0 Å². The Hall–Kier alpha value is -2.37. The molecule has 2 aromatic rings. The van der Waals surface area contributed by atoms with Crippen molar-refractivity contribution in [2.75, 3.05) is 7.11 Å². The van der Waals surface area contributed by atoms with Gasteiger partial charge in [0.1, 0.15) is 5.75 Å². The third-order valence-corrected chi connectivity index (χ3v) is 2.24. The monoisotopic (exact) mass is 234 g/mol. The Kier molecular flexibility index (Phi) is 2.78. The summed E-state index contributed by atoms with van der Waals surface area (Å²) < 4.78 is 9.55. The zero-order valence-corrected chi connectivity index (χ0v) is 9.30. The fraction of sp³-hybridized carbons (Fsp3) is 0.182. The molecular weight excluding hydrogens is 224 g/mol. The number of benzene rings is 1. The predicted molar refractivity (Wildman–Crippen MR) is 57.5 cm³/mol. The summed E-state index contributed by atoms with van der Waals surface area (Å²) in [6, 6.07) is 4.92. The third-order valence-electron chi connectivity index (χ3n) is 2.24. The Morgan fingerprint density at radius 3 is 2.82 bits per heavy atom. The second kappa shape index (κ2) is 4.25. The first-order valence-corrected chi connectivity index (χ1v) is 4.83. The smallest absolute Gasteiger partial charge is 0.396 e. The van der Waals surface area contributed by atoms with E-state index in [1.54, 1.807) is 19.1 Å². The maximum Gasteiger partial charge on any atom is 0.396 e. The van der Waals surface area contributed by atoms with Gasteiger partial charge in [-0.15, -0.1) is 10.2 Å². The Balaban J connectivity index is 2.37. The van der Waals surface area contributed by atoms with Gasteiger partial charge in [0.05, 0.1) is 7.11 Å². The van der Waals surface area contributed by atoms with Crippen molar-refractivity contribution < 1.29 is 19.1 Å². The van der Waals surface area contributed by atoms with Gasteiger partial charge in [-0.1, -0.05) is 6.07 Å². The van der Waals surface area contributed by atoms with Gasteiger partial charge in [0.25, 0.3) is 0 Å². The minimum Gasteiger partial charge on any atom is -0.508 e. The first-order valence-electron chi connectivity index (χ1n) is 4.83. The van der Waals surface area contributed by atoms with E-state index < -0.39 is 5.97 Å². The number of nitrogens with zero attached hydrogens (tertiary/aromatic N) is 2. The molecule has 1 N–H and O–H groups in total. The van der Waals surface area contributed by atoms with E-state index in [1.165, 1.54) is 13.2 Å². The van der Waals surface area contributed by atoms with Crippen LogP contribution >= 0.6 is 0 Å². The first kappa shape index (κ1) is 11.1. The Labute approximate surface area is 96.9 Å². The van der Waals surface area contributed by atoms with Crippen LogP contribution in [0.4, 0.5) is 0 Å². The van der Waals surface area contributed by atoms with E-state index in [4.69, 9.17) is 4.42 Å². The van der Waals surface area contributed by atoms with Gasteiger partial charge in [-0.25, -0.2) is 4.79 Å². The summed E-state index contributed by atoms with van der Waals surface area (Å²) in [6.45, 7) is 1.77. The average Bonchev–Trinajstić information content (AvgIpc) is 2.81. The highest BCUT2D eigenvalue weighted by Gasteiger charge is 2.16. The minimum absolute atomic E-state index is 0.125. The maximum atomic E-state index is 11.1. The first-order chi connectivity index (χ1) is 8.11. The fourth-order valence-electron chi connectivity index (χ4n) is 1.25. The molecular formula is C11H10N2O4. The Morgan fingerprint density at radius 1 is 1.41 bits per heavy atom. The lowest BCUT2D eigenvalue weighted by Crippen LogP contribution is -2.00. The highest BCUT2D eigenvalue weighted by atomic mass is 16.5. The minimum atomic E-state index is -0.694. The van der Waals surface area contributed by atoms with E-state index in [0.717, 1.165) is 5.56 Å². The number of rotatable bonds is 2. The zero-order chi connectivity index (χ0) is 12.4. The van der Waals surface area contributed by atoms with Crippen molar-refractivity contribution in [1.29, 1.82) is 0 Å². The van der Waals surface area contributed by atoms with Gasteiger partial charge < -0.3 is 14.3 Å². The second-order valence-corrected chi connectivity index (χ2v) is 3.41. The van der Waals surface area contributed by atoms with Crippen molar-refractivity contribution in [3.63, 3.8) is 0 Å². The molecule has 6 nitrogen and oxygen atoms in total. The normalized spacial score (nSPS) is 10.2. The second-order valence-electron chi connectivity index (χ2n) is 3.41. The number of hydrogen-bond acceptors (Lipinski definition) is 6. The summed E-state index contributed by atoms with van der Waals surface area (Å²) in [5.74, 6) is -0.635. The van der Waals surface area contributed by atoms with E-state index in [1.807, 2.05) is 0 Å². The lowest BCUT2D eigenvalue weighted by molar-refractivity contribution is 0.0556. The predicted octanol–water partition coefficient (Wildman–Crippen LogP) is 1.54. The van der Waals surface area contributed by atoms with Gasteiger partial charge in [0.2, 0.25) is 5.89 Å². The number of carbonyl (C=O) groups excluding carboxylic acids is 1. The molecule has 1 aromatic heterocycles. The number of esters is 1. The summed E-state index contributed by atoms with van der Waals surface area (Å²) in [5.41, 5.74) is 1.28. The summed E-state index contributed by atoms with van der Waals surface area (Å²) >= 11 is 0. The molecule has 0 aliphatic rings. The molecule has 0 aliphatic heterocycles. The summed E-state index contributed by atoms with van der Waals surface area (Å²) in [4.78, 5) is 11.1. The van der Waals surface area contributed by atoms with Gasteiger partial charge >= 0.3 is 11.9 Å². The van der Waals surface area contributed by atoms with Gasteiger partial charge in [-0.2, -0.15) is 0 Å². The highest BCUT2D eigenvalue weighted by molar-refractivity contribution is 5.84. The van der Waals surface area contributed by atoms with E-state index in [-0.39, 0.29) is 17.5 Å². The number of hydrogen-bond donors (Lipinski definition) is 1. The molecule has 0 aliphatic carbocycles. The standard InChI is InChI=1S/C11H10N2O4/c1-6-3-4-7(5-8(6)14)9-12-13-10(17-9)11(15)16-2/h3-5,14H,1-2H3. The molecule has 0 saturated carbocycles. The molecule has 0 amide bonds. The SMILES string of the molecule is COC(=O)c1nnc(-c2ccc(C)c(O)c2)o1. The van der Waals surface area contributed by atoms with Crippen molar-refractivity contribution in [1.82, 2.24) is 10.2 Å². The molecule has 0 spiro atoms. The molecule has 0 bridgehead atoms. The molecule has 0 fully saturated rings. The van der Waals surface area contributed by atoms with Crippen LogP contribution in [0.15, 0.2) is 22.6 Å². The lowest BCUT2D eigenvalue weighted by atomic mass is 10.1. The number of aryl methyl sites for hydroxylation is 1. The molecule has 1 heterocycles. The lowest BCUT2D eigenvalue weighted by Gasteiger charge is -1.99. The summed E-state index contributed by atoms with van der Waals surface area (Å²) in [5, 5.41) is 16.8. The van der Waals surface area contributed by atoms with Crippen LogP contribution in [0.5, 0.6) is 5.75 Å². The van der Waals surface area contributed by atoms with Crippen LogP contribution in [-0.4, -0.2) is 28.4 Å². The van der Waals surface area contributed by atoms with E-state index in [2.05, 4.69) is 14.9 Å². The summed E-state index contributed by atoms with van der Waals surface area (Å²) in [6.07, 6.45) is 0. The molecule has 0 saturated heterocycles. The van der Waals surface area contributed by atoms with Crippen molar-refractivity contribution in [2.24, 2.45) is 0 Å². The van der Waals surface area contributed by atoms with Crippen LogP contribution in [0, 0.1) is 6.92 Å². The molecule has 88 valence electrons. The molecule has 1 aromatic carbocycles. The Bertz CT molecular complexity index is 562. The largest absolute Gasteiger partial charge is 0.508 e. The Morgan fingerprint density at radius 2 is 2.18 bits per heavy atom. The molecule has 0 atom stereocenters. The number of aromatic nitrogens is 2. The number of aromatic hydroxyl groups is 1. The number of ether oxygens (including phenoxy) is 1. The van der Waals surface area contributed by atoms with E-state index >= 15 is 0 Å². The van der Waals surface area contributed by atoms with Crippen molar-refractivity contribution >= 4 is 5.97 Å². The maximum absolute atomic E-state index is 11.1. The quantitative estimate of drug-likeness (QED) is 0.793. The molecule has 6 heteroatoms. The number of phenols is 1. The van der Waals surface area contributed by atoms with Gasteiger partial charge in [-0.05, 0) is 24.6 Å². The van der Waals surface area contributed by atoms with Crippen LogP contribution in [0.1, 0.15) is 16.2 Å². The molecule has 0 unspecified atom stereocenters. The van der Waals surface area contributed by atoms with Gasteiger partial charge in [-0.3, -0.25) is 0 Å². The molecule has 2 rings (SSSR count). The number of methoxy groups -OCH3 is 1. The average molecular weight is 234 g/mol. The fourth-order valence-corrected chi connectivity index (χ4v) is 1.25. The van der Waals surface area contributed by atoms with Crippen LogP contribution in [0.3, 0.4) is 0 Å². The number of phenolic OH excluding ortho intramolecular Hbond substituents is 1. The van der Waals surface area contributed by atoms with Crippen molar-refractivity contribution in [3.8, 4) is 17.2 Å². The van der Waals surface area contributed by atoms with Crippen molar-refractivity contribution in [2.45, 2.75) is 6.92 Å².